The maximum atomic E-state index is 14.3. The van der Waals surface area contributed by atoms with E-state index in [2.05, 4.69) is 58.2 Å². The van der Waals surface area contributed by atoms with Gasteiger partial charge in [-0.3, -0.25) is 81.7 Å². The Morgan fingerprint density at radius 3 is 1.35 bits per heavy atom. The van der Waals surface area contributed by atoms with Gasteiger partial charge in [-0.2, -0.15) is 0 Å². The lowest BCUT2D eigenvalue weighted by Gasteiger charge is -2.31. The molecule has 1 heterocycles. The van der Waals surface area contributed by atoms with Gasteiger partial charge >= 0.3 is 17.9 Å². The summed E-state index contributed by atoms with van der Waals surface area (Å²) < 4.78 is 0. The molecule has 14 atom stereocenters. The van der Waals surface area contributed by atoms with Crippen LogP contribution >= 0.6 is 0 Å². The van der Waals surface area contributed by atoms with Gasteiger partial charge in [0.25, 0.3) is 0 Å². The third-order valence-electron chi connectivity index (χ3n) is 15.1. The summed E-state index contributed by atoms with van der Waals surface area (Å²) in [4.78, 5) is 228. The van der Waals surface area contributed by atoms with E-state index in [-0.39, 0.29) is 81.7 Å². The number of likely N-dealkylation sites (tertiary alicyclic amines) is 1. The fourth-order valence-corrected chi connectivity index (χ4v) is 10.1. The summed E-state index contributed by atoms with van der Waals surface area (Å²) >= 11 is 0. The Hall–Kier alpha value is -9.90. The minimum Gasteiger partial charge on any atom is -0.481 e. The van der Waals surface area contributed by atoms with E-state index < -0.39 is 237 Å². The fraction of sp³-hybridized carbons (Fsp3) is 0.700. The Morgan fingerprint density at radius 2 is 0.891 bits per heavy atom. The monoisotopic (exact) mass is 1440 g/mol. The number of nitrogens with zero attached hydrogens (tertiary/aromatic N) is 2. The normalized spacial score (nSPS) is 16.5. The van der Waals surface area contributed by atoms with E-state index in [1.165, 1.54) is 0 Å². The molecule has 0 saturated carbocycles. The highest BCUT2D eigenvalue weighted by molar-refractivity contribution is 6.01. The van der Waals surface area contributed by atoms with Crippen molar-refractivity contribution < 1.29 is 112 Å². The summed E-state index contributed by atoms with van der Waals surface area (Å²) in [7, 11) is 0. The van der Waals surface area contributed by atoms with Gasteiger partial charge < -0.3 is 123 Å². The Kier molecular flexibility index (Phi) is 39.1. The van der Waals surface area contributed by atoms with Crippen molar-refractivity contribution in [1.29, 1.82) is 0 Å². The number of aliphatic hydroxyl groups excluding tert-OH is 3. The summed E-state index contributed by atoms with van der Waals surface area (Å²) in [5.74, 6) is -20.7. The molecule has 0 unspecified atom stereocenters. The predicted octanol–water partition coefficient (Wildman–Crippen LogP) is -9.22. The third kappa shape index (κ3) is 33.7. The second kappa shape index (κ2) is 44.3. The van der Waals surface area contributed by atoms with Crippen LogP contribution in [-0.4, -0.2) is 253 Å². The van der Waals surface area contributed by atoms with Crippen LogP contribution in [0.5, 0.6) is 0 Å². The molecule has 0 radical (unpaired) electrons. The molecule has 0 bridgehead atoms. The number of hydrogen-bond acceptors (Lipinski definition) is 22. The van der Waals surface area contributed by atoms with Crippen molar-refractivity contribution >= 4 is 107 Å². The molecule has 570 valence electrons. The first-order chi connectivity index (χ1) is 47.0. The molecule has 27 N–H and O–H groups in total. The van der Waals surface area contributed by atoms with Crippen molar-refractivity contribution in [3.63, 3.8) is 0 Å². The van der Waals surface area contributed by atoms with Gasteiger partial charge in [0.1, 0.15) is 60.4 Å². The number of aliphatic imine (C=N–C) groups is 1. The van der Waals surface area contributed by atoms with Crippen molar-refractivity contribution in [3.8, 4) is 0 Å². The van der Waals surface area contributed by atoms with E-state index in [1.54, 1.807) is 41.5 Å². The molecular weight excluding hydrogens is 1340 g/mol. The van der Waals surface area contributed by atoms with Crippen molar-refractivity contribution in [2.24, 2.45) is 51.4 Å². The maximum Gasteiger partial charge on any atom is 0.328 e. The predicted molar refractivity (Wildman–Crippen MR) is 353 cm³/mol. The maximum absolute atomic E-state index is 14.3. The zero-order valence-corrected chi connectivity index (χ0v) is 57.7. The van der Waals surface area contributed by atoms with Crippen molar-refractivity contribution in [2.45, 2.75) is 224 Å². The number of primary amides is 2. The topological polar surface area (TPSA) is 690 Å². The summed E-state index contributed by atoms with van der Waals surface area (Å²) in [5, 5.41) is 84.5. The van der Waals surface area contributed by atoms with Gasteiger partial charge in [-0.1, -0.05) is 41.5 Å². The van der Waals surface area contributed by atoms with E-state index in [1.807, 2.05) is 5.32 Å². The highest BCUT2D eigenvalue weighted by atomic mass is 16.4. The zero-order valence-electron chi connectivity index (χ0n) is 57.7. The minimum absolute atomic E-state index is 0.0272. The average Bonchev–Trinajstić information content (AvgIpc) is 1.75. The lowest BCUT2D eigenvalue weighted by Crippen LogP contribution is -2.62. The number of hydrogen-bond donors (Lipinski definition) is 22. The smallest absolute Gasteiger partial charge is 0.328 e. The van der Waals surface area contributed by atoms with E-state index >= 15 is 0 Å². The van der Waals surface area contributed by atoms with Gasteiger partial charge in [-0.15, -0.1) is 0 Å². The minimum atomic E-state index is -1.99. The second-order valence-electron chi connectivity index (χ2n) is 25.6. The molecule has 1 fully saturated rings. The Balaban J connectivity index is 3.43. The summed E-state index contributed by atoms with van der Waals surface area (Å²) in [6, 6.07) is -19.8. The molecule has 0 aromatic carbocycles. The molecular formula is C60H102N18O23. The molecule has 0 spiro atoms. The molecule has 0 aromatic rings. The number of nitrogens with one attached hydrogen (secondary N) is 11. The quantitative estimate of drug-likeness (QED) is 0.0153. The van der Waals surface area contributed by atoms with Crippen LogP contribution in [0.1, 0.15) is 139 Å². The van der Waals surface area contributed by atoms with Crippen molar-refractivity contribution in [3.05, 3.63) is 0 Å². The molecule has 1 aliphatic heterocycles. The highest BCUT2D eigenvalue weighted by Gasteiger charge is 2.42. The van der Waals surface area contributed by atoms with Gasteiger partial charge in [-0.25, -0.2) is 4.79 Å². The van der Waals surface area contributed by atoms with Crippen LogP contribution < -0.4 is 87.2 Å². The third-order valence-corrected chi connectivity index (χ3v) is 15.1. The van der Waals surface area contributed by atoms with Crippen LogP contribution in [-0.2, 0) is 81.5 Å². The number of carboxylic acids is 3. The van der Waals surface area contributed by atoms with Gasteiger partial charge in [0.15, 0.2) is 12.0 Å². The number of carboxylic acid groups (broad SMARTS) is 3. The summed E-state index contributed by atoms with van der Waals surface area (Å²) in [5.41, 5.74) is 27.3. The van der Waals surface area contributed by atoms with Crippen molar-refractivity contribution in [1.82, 2.24) is 63.4 Å². The molecule has 0 aliphatic carbocycles. The second-order valence-corrected chi connectivity index (χ2v) is 25.6. The number of carbonyl (C=O) groups is 17. The molecule has 41 heteroatoms. The van der Waals surface area contributed by atoms with E-state index in [4.69, 9.17) is 28.7 Å². The van der Waals surface area contributed by atoms with Crippen LogP contribution in [0.2, 0.25) is 0 Å². The molecule has 41 nitrogen and oxygen atoms in total. The van der Waals surface area contributed by atoms with Crippen LogP contribution in [0, 0.1) is 17.8 Å². The largest absolute Gasteiger partial charge is 0.481 e. The Labute approximate surface area is 581 Å². The van der Waals surface area contributed by atoms with E-state index in [0.29, 0.717) is 0 Å². The summed E-state index contributed by atoms with van der Waals surface area (Å²) in [6.45, 7) is 9.89. The Morgan fingerprint density at radius 1 is 0.475 bits per heavy atom. The zero-order chi connectivity index (χ0) is 77.3. The van der Waals surface area contributed by atoms with Gasteiger partial charge in [-0.05, 0) is 89.4 Å². The highest BCUT2D eigenvalue weighted by Crippen LogP contribution is 2.22. The summed E-state index contributed by atoms with van der Waals surface area (Å²) in [6.07, 6.45) is -7.77. The lowest BCUT2D eigenvalue weighted by atomic mass is 9.99. The first-order valence-electron chi connectivity index (χ1n) is 32.6. The molecule has 1 saturated heterocycles. The van der Waals surface area contributed by atoms with Crippen molar-refractivity contribution in [2.75, 3.05) is 26.2 Å². The number of guanidine groups is 1. The molecule has 101 heavy (non-hydrogen) atoms. The first-order valence-corrected chi connectivity index (χ1v) is 32.6. The SMILES string of the molecule is CC(C)C[C@H](NC(=O)CNC(=O)[C@H](CO)NC(=O)[C@@H](NC(=O)[C@H](CCCN=C(N)N)NC(=O)[C@H](CC(N)=O)NC(=O)[C@@H]1CCCN1C(=O)[C@H](CC(C)C)NC(=O)[C@H](CCC(=O)O)NC(=O)[C@@H](N)CC(N)=O)[C@@H](C)O)C(=O)N[C@@H](CC(C)C)C(=O)N[C@@H](CCC(=O)O)C(=O)N[C@H](C(=O)O)[C@@H](C)O. The van der Waals surface area contributed by atoms with E-state index in [9.17, 15) is 112 Å². The lowest BCUT2D eigenvalue weighted by molar-refractivity contribution is -0.145. The van der Waals surface area contributed by atoms with Crippen LogP contribution in [0.25, 0.3) is 0 Å². The standard InChI is InChI=1S/C60H102N18O23/c1-26(2)19-35(53(94)72-36(20-27(3)4)54(95)71-34(14-16-45(87)88)52(93)77-47(30(8)81)59(100)101)68-43(84)24-67-49(90)39(25-79)75-57(98)46(29(7)80)76-51(92)32(11-9-17-66-60(64)65)70-55(96)37(23-42(63)83)73-56(97)40-12-10-18-78(40)58(99)38(21-28(5)6)74-50(91)33(13-15-44(85)86)69-48(89)31(61)22-41(62)82/h26-40,46-47,79-81H,9-25,61H2,1-8H3,(H2,62,82)(H2,63,83)(H,67,90)(H,68,84)(H,69,89)(H,70,96)(H,71,95)(H,72,94)(H,73,97)(H,74,91)(H,75,98)(H,76,92)(H,77,93)(H,85,86)(H,87,88)(H,100,101)(H4,64,65,66)/t29-,30-,31+,32+,33+,34+,35+,36+,37+,38+,39+,40+,46+,47+/m1/s1. The number of aliphatic carboxylic acids is 3. The van der Waals surface area contributed by atoms with Gasteiger partial charge in [0.2, 0.25) is 82.7 Å². The average molecular weight is 1440 g/mol. The first kappa shape index (κ1) is 89.1. The van der Waals surface area contributed by atoms with E-state index in [0.717, 1.165) is 18.7 Å². The van der Waals surface area contributed by atoms with Gasteiger partial charge in [0, 0.05) is 25.9 Å². The molecule has 1 rings (SSSR count). The Bertz CT molecular complexity index is 2960. The number of amides is 14. The molecule has 1 aliphatic rings. The number of nitrogens with two attached hydrogens (primary N) is 5. The van der Waals surface area contributed by atoms with Gasteiger partial charge in [0.05, 0.1) is 44.2 Å². The number of aliphatic hydroxyl groups is 3. The molecule has 0 aromatic heterocycles. The fourth-order valence-electron chi connectivity index (χ4n) is 10.1. The number of rotatable bonds is 47. The number of carbonyl (C=O) groups excluding carboxylic acids is 14. The van der Waals surface area contributed by atoms with Crippen LogP contribution in [0.3, 0.4) is 0 Å². The van der Waals surface area contributed by atoms with Crippen LogP contribution in [0.4, 0.5) is 0 Å². The molecule has 14 amide bonds. The van der Waals surface area contributed by atoms with Crippen LogP contribution in [0.15, 0.2) is 4.99 Å².